The molecule has 0 bridgehead atoms. The highest BCUT2D eigenvalue weighted by atomic mass is 16.3. The van der Waals surface area contributed by atoms with Crippen LogP contribution in [0.2, 0.25) is 0 Å². The Morgan fingerprint density at radius 3 is 2.60 bits per heavy atom. The summed E-state index contributed by atoms with van der Waals surface area (Å²) in [5.41, 5.74) is 8.38. The molecule has 2 N–H and O–H groups in total. The van der Waals surface area contributed by atoms with Crippen molar-refractivity contribution in [2.75, 3.05) is 6.61 Å². The molecule has 0 amide bonds. The molecule has 5 nitrogen and oxygen atoms in total. The number of azide groups is 1. The first-order valence-corrected chi connectivity index (χ1v) is 4.95. The number of nitrogens with zero attached hydrogens (tertiary/aromatic N) is 3. The second-order valence-electron chi connectivity index (χ2n) is 4.15. The molecular weight excluding hydrogens is 194 g/mol. The molecule has 0 aromatic rings. The number of rotatable bonds is 6. The van der Waals surface area contributed by atoms with Gasteiger partial charge in [0.2, 0.25) is 0 Å². The van der Waals surface area contributed by atoms with Crippen LogP contribution in [-0.4, -0.2) is 28.5 Å². The van der Waals surface area contributed by atoms with Gasteiger partial charge in [-0.1, -0.05) is 16.8 Å². The van der Waals surface area contributed by atoms with E-state index in [-0.39, 0.29) is 6.61 Å². The standard InChI is InChI=1S/C10H19N3O2/c1-8(6-7-14)4-5-9(12-13-11)10(2,3)15/h6,9,14-15H,4-5,7H2,1-3H3/b8-6+. The summed E-state index contributed by atoms with van der Waals surface area (Å²) >= 11 is 0. The van der Waals surface area contributed by atoms with Crippen molar-refractivity contribution in [1.82, 2.24) is 0 Å². The average Bonchev–Trinajstić information content (AvgIpc) is 2.10. The van der Waals surface area contributed by atoms with Crippen molar-refractivity contribution < 1.29 is 10.2 Å². The van der Waals surface area contributed by atoms with Crippen LogP contribution in [0.25, 0.3) is 10.4 Å². The fourth-order valence-electron chi connectivity index (χ4n) is 1.24. The zero-order valence-corrected chi connectivity index (χ0v) is 9.51. The molecule has 0 saturated heterocycles. The van der Waals surface area contributed by atoms with E-state index in [0.717, 1.165) is 5.57 Å². The highest BCUT2D eigenvalue weighted by Crippen LogP contribution is 2.20. The van der Waals surface area contributed by atoms with Crippen molar-refractivity contribution in [2.45, 2.75) is 45.3 Å². The molecule has 0 saturated carbocycles. The summed E-state index contributed by atoms with van der Waals surface area (Å²) in [6, 6.07) is -0.440. The van der Waals surface area contributed by atoms with E-state index in [1.54, 1.807) is 19.9 Å². The van der Waals surface area contributed by atoms with Crippen molar-refractivity contribution in [3.05, 3.63) is 22.1 Å². The number of aliphatic hydroxyl groups is 2. The Labute approximate surface area is 90.1 Å². The van der Waals surface area contributed by atoms with Crippen molar-refractivity contribution in [1.29, 1.82) is 0 Å². The molecule has 1 unspecified atom stereocenters. The maximum Gasteiger partial charge on any atom is 0.0676 e. The van der Waals surface area contributed by atoms with E-state index in [1.807, 2.05) is 6.92 Å². The van der Waals surface area contributed by atoms with E-state index in [1.165, 1.54) is 0 Å². The predicted molar refractivity (Wildman–Crippen MR) is 59.3 cm³/mol. The fraction of sp³-hybridized carbons (Fsp3) is 0.800. The molecule has 0 radical (unpaired) electrons. The normalized spacial score (nSPS) is 14.6. The highest BCUT2D eigenvalue weighted by Gasteiger charge is 2.25. The maximum atomic E-state index is 9.72. The molecule has 0 aliphatic heterocycles. The Bertz CT molecular complexity index is 262. The van der Waals surface area contributed by atoms with E-state index < -0.39 is 11.6 Å². The summed E-state index contributed by atoms with van der Waals surface area (Å²) in [5.74, 6) is 0. The topological polar surface area (TPSA) is 89.2 Å². The smallest absolute Gasteiger partial charge is 0.0676 e. The van der Waals surface area contributed by atoms with Gasteiger partial charge in [-0.15, -0.1) is 0 Å². The average molecular weight is 213 g/mol. The summed E-state index contributed by atoms with van der Waals surface area (Å²) in [4.78, 5) is 2.72. The maximum absolute atomic E-state index is 9.72. The van der Waals surface area contributed by atoms with Gasteiger partial charge in [-0.2, -0.15) is 0 Å². The monoisotopic (exact) mass is 213 g/mol. The van der Waals surface area contributed by atoms with Gasteiger partial charge in [0, 0.05) is 4.91 Å². The zero-order valence-electron chi connectivity index (χ0n) is 9.51. The Hall–Kier alpha value is -1.03. The minimum atomic E-state index is -1.01. The minimum absolute atomic E-state index is 0.0144. The number of hydrogen-bond acceptors (Lipinski definition) is 3. The Morgan fingerprint density at radius 2 is 2.20 bits per heavy atom. The van der Waals surface area contributed by atoms with Gasteiger partial charge in [-0.3, -0.25) is 0 Å². The van der Waals surface area contributed by atoms with Crippen molar-refractivity contribution in [2.24, 2.45) is 5.11 Å². The van der Waals surface area contributed by atoms with Crippen molar-refractivity contribution in [3.63, 3.8) is 0 Å². The van der Waals surface area contributed by atoms with Crippen LogP contribution in [0.1, 0.15) is 33.6 Å². The minimum Gasteiger partial charge on any atom is -0.392 e. The van der Waals surface area contributed by atoms with Crippen LogP contribution < -0.4 is 0 Å². The van der Waals surface area contributed by atoms with Gasteiger partial charge >= 0.3 is 0 Å². The van der Waals surface area contributed by atoms with Gasteiger partial charge < -0.3 is 10.2 Å². The number of allylic oxidation sites excluding steroid dienone is 1. The van der Waals surface area contributed by atoms with E-state index in [4.69, 9.17) is 10.6 Å². The third-order valence-corrected chi connectivity index (χ3v) is 2.26. The lowest BCUT2D eigenvalue weighted by Crippen LogP contribution is -2.34. The number of aliphatic hydroxyl groups excluding tert-OH is 1. The lowest BCUT2D eigenvalue weighted by atomic mass is 9.94. The summed E-state index contributed by atoms with van der Waals surface area (Å²) in [7, 11) is 0. The van der Waals surface area contributed by atoms with Crippen molar-refractivity contribution in [3.8, 4) is 0 Å². The molecule has 0 aromatic heterocycles. The van der Waals surface area contributed by atoms with E-state index in [9.17, 15) is 5.11 Å². The van der Waals surface area contributed by atoms with Crippen LogP contribution in [0.3, 0.4) is 0 Å². The third kappa shape index (κ3) is 6.12. The molecule has 0 heterocycles. The summed E-state index contributed by atoms with van der Waals surface area (Å²) in [6.07, 6.45) is 2.99. The molecule has 0 aliphatic carbocycles. The highest BCUT2D eigenvalue weighted by molar-refractivity contribution is 4.99. The van der Waals surface area contributed by atoms with Crippen LogP contribution >= 0.6 is 0 Å². The van der Waals surface area contributed by atoms with Gasteiger partial charge in [-0.05, 0) is 39.1 Å². The Kier molecular flexibility index (Phi) is 6.01. The summed E-state index contributed by atoms with van der Waals surface area (Å²) in [5, 5.41) is 21.9. The van der Waals surface area contributed by atoms with Crippen LogP contribution in [0.4, 0.5) is 0 Å². The molecule has 0 fully saturated rings. The van der Waals surface area contributed by atoms with Crippen molar-refractivity contribution >= 4 is 0 Å². The molecular formula is C10H19N3O2. The zero-order chi connectivity index (χ0) is 11.9. The van der Waals surface area contributed by atoms with Crippen LogP contribution in [0, 0.1) is 0 Å². The summed E-state index contributed by atoms with van der Waals surface area (Å²) in [6.45, 7) is 5.16. The molecule has 0 aromatic carbocycles. The third-order valence-electron chi connectivity index (χ3n) is 2.26. The van der Waals surface area contributed by atoms with Gasteiger partial charge in [0.15, 0.2) is 0 Å². The first-order chi connectivity index (χ1) is 6.91. The lowest BCUT2D eigenvalue weighted by molar-refractivity contribution is 0.0494. The summed E-state index contributed by atoms with van der Waals surface area (Å²) < 4.78 is 0. The molecule has 0 aliphatic rings. The second-order valence-corrected chi connectivity index (χ2v) is 4.15. The van der Waals surface area contributed by atoms with Crippen LogP contribution in [0.15, 0.2) is 16.8 Å². The van der Waals surface area contributed by atoms with Gasteiger partial charge in [-0.25, -0.2) is 0 Å². The first-order valence-electron chi connectivity index (χ1n) is 4.95. The van der Waals surface area contributed by atoms with E-state index in [0.29, 0.717) is 12.8 Å². The van der Waals surface area contributed by atoms with Gasteiger partial charge in [0.25, 0.3) is 0 Å². The van der Waals surface area contributed by atoms with Crippen LogP contribution in [0.5, 0.6) is 0 Å². The predicted octanol–water partition coefficient (Wildman–Crippen LogP) is 2.16. The SMILES string of the molecule is C/C(=C\CO)CCC(N=[N+]=[N-])C(C)(C)O. The van der Waals surface area contributed by atoms with Gasteiger partial charge in [0.05, 0.1) is 18.2 Å². The molecule has 1 atom stereocenters. The van der Waals surface area contributed by atoms with E-state index in [2.05, 4.69) is 10.0 Å². The fourth-order valence-corrected chi connectivity index (χ4v) is 1.24. The van der Waals surface area contributed by atoms with Crippen LogP contribution in [-0.2, 0) is 0 Å². The molecule has 5 heteroatoms. The Balaban J connectivity index is 4.32. The molecule has 0 spiro atoms. The lowest BCUT2D eigenvalue weighted by Gasteiger charge is -2.25. The molecule has 15 heavy (non-hydrogen) atoms. The molecule has 86 valence electrons. The van der Waals surface area contributed by atoms with Gasteiger partial charge in [0.1, 0.15) is 0 Å². The van der Waals surface area contributed by atoms with E-state index >= 15 is 0 Å². The largest absolute Gasteiger partial charge is 0.392 e. The Morgan fingerprint density at radius 1 is 1.60 bits per heavy atom. The number of hydrogen-bond donors (Lipinski definition) is 2. The molecule has 0 rings (SSSR count). The first kappa shape index (κ1) is 14.0. The second kappa shape index (κ2) is 6.45. The quantitative estimate of drug-likeness (QED) is 0.306.